The van der Waals surface area contributed by atoms with Gasteiger partial charge in [-0.1, -0.05) is 300 Å². The van der Waals surface area contributed by atoms with Crippen LogP contribution in [-0.4, -0.2) is 4.57 Å². The molecule has 9 aromatic carbocycles. The average Bonchev–Trinajstić information content (AvgIpc) is 4.38. The second-order valence-corrected chi connectivity index (χ2v) is 15.8. The van der Waals surface area contributed by atoms with Crippen molar-refractivity contribution in [3.63, 3.8) is 0 Å². The molecule has 0 N–H and O–H groups in total. The van der Waals surface area contributed by atoms with Crippen molar-refractivity contribution in [1.82, 2.24) is 4.57 Å². The fourth-order valence-electron chi connectivity index (χ4n) is 9.07. The van der Waals surface area contributed by atoms with Crippen molar-refractivity contribution < 1.29 is 32.7 Å². The number of para-hydroxylation sites is 2. The number of fused-ring (bicyclic) bond motifs is 12. The van der Waals surface area contributed by atoms with Gasteiger partial charge in [-0.3, -0.25) is 0 Å². The Bertz CT molecular complexity index is 2670. The largest absolute Gasteiger partial charge is 0.358 e. The van der Waals surface area contributed by atoms with E-state index in [2.05, 4.69) is 212 Å². The summed E-state index contributed by atoms with van der Waals surface area (Å²) >= 11 is 0. The molecule has 0 fully saturated rings. The van der Waals surface area contributed by atoms with Gasteiger partial charge in [0, 0.05) is 61.1 Å². The van der Waals surface area contributed by atoms with Crippen LogP contribution >= 0.6 is 0 Å². The quantitative estimate of drug-likeness (QED) is 0.144. The molecule has 1 heterocycles. The molecule has 3 aliphatic rings. The second-order valence-electron chi connectivity index (χ2n) is 15.8. The molecule has 0 atom stereocenters. The predicted octanol–water partition coefficient (Wildman–Crippen LogP) is 24.0. The maximum Gasteiger partial charge on any atom is 0.0491 e. The van der Waals surface area contributed by atoms with Gasteiger partial charge in [-0.2, -0.15) is 35.9 Å². The predicted molar refractivity (Wildman–Crippen MR) is 356 cm³/mol. The van der Waals surface area contributed by atoms with Crippen molar-refractivity contribution in [2.24, 2.45) is 0 Å². The van der Waals surface area contributed by atoms with E-state index in [0.717, 1.165) is 25.8 Å². The van der Waals surface area contributed by atoms with Crippen LogP contribution < -0.4 is 0 Å². The molecule has 0 saturated heterocycles. The summed E-state index contributed by atoms with van der Waals surface area (Å²) in [6.07, 6.45) is 3.31. The van der Waals surface area contributed by atoms with Crippen LogP contribution in [0.25, 0.3) is 55.2 Å². The van der Waals surface area contributed by atoms with E-state index < -0.39 is 0 Å². The summed E-state index contributed by atoms with van der Waals surface area (Å²) in [6.45, 7) is 37.2. The molecule has 419 valence electrons. The third-order valence-electron chi connectivity index (χ3n) is 12.0. The fraction of sp³-hybridized carbons (Fsp3) is 0.286. The smallest absolute Gasteiger partial charge is 0.0491 e. The summed E-state index contributed by atoms with van der Waals surface area (Å²) in [5.74, 6) is 0. The van der Waals surface area contributed by atoms with Crippen LogP contribution in [0.2, 0.25) is 0 Å². The Kier molecular flexibility index (Phi) is 43.4. The number of aromatic nitrogens is 1. The van der Waals surface area contributed by atoms with E-state index in [-0.39, 0.29) is 40.1 Å². The van der Waals surface area contributed by atoms with Gasteiger partial charge < -0.3 is 12.0 Å². The Hall–Kier alpha value is -6.12. The van der Waals surface area contributed by atoms with E-state index in [1.165, 1.54) is 94.1 Å². The molecule has 10 aromatic rings. The Balaban J connectivity index is 0. The normalized spacial score (nSPS) is 9.59. The number of rotatable bonds is 1. The Morgan fingerprint density at radius 1 is 0.304 bits per heavy atom. The number of benzene rings is 9. The first-order valence-corrected chi connectivity index (χ1v) is 29.5. The maximum absolute atomic E-state index is 3.03. The van der Waals surface area contributed by atoms with E-state index >= 15 is 0 Å². The van der Waals surface area contributed by atoms with Crippen LogP contribution in [0, 0.1) is 20.4 Å². The molecule has 0 spiro atoms. The van der Waals surface area contributed by atoms with Gasteiger partial charge in [-0.05, 0) is 105 Å². The monoisotopic (exact) mass is 1130 g/mol. The summed E-state index contributed by atoms with van der Waals surface area (Å²) in [4.78, 5) is 0. The van der Waals surface area contributed by atoms with Crippen LogP contribution in [0.3, 0.4) is 0 Å². The SMILES string of the molecule is CC.CC.CC.CC.CC.CC.CC.CC.CCn1c2ccccc2c2ccccc21.Cc1[c-]cccc1.[CH3-].[Y].c1ccc2c(c1)Cc1ccccc1-2.c1ccc2c(c1)Cc1ccccc1-2.c1ccc2c(c1)Cc1ccccc1-2. The molecule has 1 aromatic heterocycles. The first kappa shape index (κ1) is 75.0. The second kappa shape index (κ2) is 45.7. The zero-order chi connectivity index (χ0) is 57.4. The molecule has 79 heavy (non-hydrogen) atoms. The van der Waals surface area contributed by atoms with Crippen molar-refractivity contribution in [2.45, 2.75) is 150 Å². The van der Waals surface area contributed by atoms with Crippen molar-refractivity contribution in [1.29, 1.82) is 0 Å². The number of hydrogen-bond acceptors (Lipinski definition) is 0. The zero-order valence-electron chi connectivity index (χ0n) is 52.6. The minimum absolute atomic E-state index is 0. The molecule has 2 heteroatoms. The molecular formula is C77H101NY-2. The minimum atomic E-state index is 0. The topological polar surface area (TPSA) is 4.93 Å². The molecule has 0 saturated carbocycles. The van der Waals surface area contributed by atoms with Gasteiger partial charge in [-0.25, -0.2) is 0 Å². The number of hydrogen-bond donors (Lipinski definition) is 0. The average molecular weight is 1130 g/mol. The third-order valence-corrected chi connectivity index (χ3v) is 12.0. The summed E-state index contributed by atoms with van der Waals surface area (Å²) in [6, 6.07) is 80.1. The summed E-state index contributed by atoms with van der Waals surface area (Å²) in [5.41, 5.74) is 21.1. The molecule has 0 aliphatic heterocycles. The minimum Gasteiger partial charge on any atom is -0.358 e. The van der Waals surface area contributed by atoms with Gasteiger partial charge in [0.25, 0.3) is 0 Å². The number of aryl methyl sites for hydroxylation is 2. The first-order valence-electron chi connectivity index (χ1n) is 29.5. The number of nitrogens with zero attached hydrogens (tertiary/aromatic N) is 1. The van der Waals surface area contributed by atoms with Gasteiger partial charge in [0.2, 0.25) is 0 Å². The molecule has 1 radical (unpaired) electrons. The van der Waals surface area contributed by atoms with Crippen LogP contribution in [0.4, 0.5) is 0 Å². The van der Waals surface area contributed by atoms with Crippen LogP contribution in [0.1, 0.15) is 157 Å². The first-order chi connectivity index (χ1) is 38.2. The van der Waals surface area contributed by atoms with E-state index in [9.17, 15) is 0 Å². The Labute approximate surface area is 509 Å². The van der Waals surface area contributed by atoms with E-state index in [0.29, 0.717) is 0 Å². The van der Waals surface area contributed by atoms with Crippen LogP contribution in [0.5, 0.6) is 0 Å². The van der Waals surface area contributed by atoms with E-state index in [1.807, 2.05) is 142 Å². The molecule has 0 bridgehead atoms. The molecule has 13 rings (SSSR count). The van der Waals surface area contributed by atoms with Crippen LogP contribution in [0.15, 0.2) is 218 Å². The summed E-state index contributed by atoms with van der Waals surface area (Å²) in [7, 11) is 0. The molecule has 0 unspecified atom stereocenters. The van der Waals surface area contributed by atoms with Crippen molar-refractivity contribution >= 4 is 21.8 Å². The van der Waals surface area contributed by atoms with E-state index in [1.54, 1.807) is 0 Å². The van der Waals surface area contributed by atoms with Gasteiger partial charge in [0.1, 0.15) is 0 Å². The molecular weight excluding hydrogens is 1030 g/mol. The fourth-order valence-corrected chi connectivity index (χ4v) is 9.07. The van der Waals surface area contributed by atoms with E-state index in [4.69, 9.17) is 0 Å². The summed E-state index contributed by atoms with van der Waals surface area (Å²) < 4.78 is 2.37. The Morgan fingerprint density at radius 2 is 0.519 bits per heavy atom. The standard InChI is InChI=1S/C14H13N.3C13H10.C7H7.8C2H6.CH3.Y/c1-2-15-13-9-5-3-7-11(13)12-8-4-6-10-14(12)15;3*1-3-7-12-10(5-1)9-11-6-2-4-8-13(11)12;1-7-5-3-2-4-6-7;8*1-2;;/h3-10H,2H2,1H3;3*1-8H,9H2;2-5H,1H3;8*1-2H3;1H3;/q;;;;-1;;;;;;;;;-1;. The van der Waals surface area contributed by atoms with Crippen molar-refractivity contribution in [2.75, 3.05) is 0 Å². The van der Waals surface area contributed by atoms with Gasteiger partial charge >= 0.3 is 0 Å². The maximum atomic E-state index is 3.03. The van der Waals surface area contributed by atoms with Crippen LogP contribution in [-0.2, 0) is 58.5 Å². The van der Waals surface area contributed by atoms with Gasteiger partial charge in [0.05, 0.1) is 0 Å². The molecule has 0 amide bonds. The van der Waals surface area contributed by atoms with Gasteiger partial charge in [-0.15, -0.1) is 0 Å². The summed E-state index contributed by atoms with van der Waals surface area (Å²) in [5, 5.41) is 2.71. The Morgan fingerprint density at radius 3 is 0.722 bits per heavy atom. The van der Waals surface area contributed by atoms with Gasteiger partial charge in [0.15, 0.2) is 0 Å². The zero-order valence-corrected chi connectivity index (χ0v) is 55.5. The molecule has 1 nitrogen and oxygen atoms in total. The van der Waals surface area contributed by atoms with Crippen molar-refractivity contribution in [3.8, 4) is 33.4 Å². The molecule has 3 aliphatic carbocycles. The third kappa shape index (κ3) is 21.5. The van der Waals surface area contributed by atoms with Crippen molar-refractivity contribution in [3.05, 3.63) is 271 Å².